The molecule has 4 nitrogen and oxygen atoms in total. The van der Waals surface area contributed by atoms with Gasteiger partial charge in [0.2, 0.25) is 6.43 Å². The fraction of sp³-hybridized carbons (Fsp3) is 0.130. The molecule has 0 saturated carbocycles. The van der Waals surface area contributed by atoms with Gasteiger partial charge in [0, 0.05) is 18.2 Å². The maximum atomic E-state index is 14.4. The highest BCUT2D eigenvalue weighted by molar-refractivity contribution is 6.53. The second-order valence-corrected chi connectivity index (χ2v) is 6.50. The first-order valence-electron chi connectivity index (χ1n) is 9.33. The van der Waals surface area contributed by atoms with Gasteiger partial charge >= 0.3 is 0 Å². The Bertz CT molecular complexity index is 1020. The third kappa shape index (κ3) is 5.05. The van der Waals surface area contributed by atoms with Crippen LogP contribution >= 0.6 is 0 Å². The fourth-order valence-electron chi connectivity index (χ4n) is 2.92. The zero-order valence-corrected chi connectivity index (χ0v) is 16.2. The molecule has 0 fully saturated rings. The Kier molecular flexibility index (Phi) is 6.85. The molecule has 2 aromatic rings. The molecular formula is C23H21F3N4. The zero-order chi connectivity index (χ0) is 21.5. The van der Waals surface area contributed by atoms with E-state index in [4.69, 9.17) is 5.73 Å². The smallest absolute Gasteiger partial charge is 0.239 e. The molecule has 2 aromatic carbocycles. The van der Waals surface area contributed by atoms with Crippen LogP contribution in [0.2, 0.25) is 0 Å². The highest BCUT2D eigenvalue weighted by atomic mass is 19.3. The standard InChI is InChI=1S/C23H21F3N4/c1-16-17(11-12-22(25)26)15-30(21-10-6-5-9-19(21)24)29-23(16)20(13-14-27)28-18-7-3-2-4-8-18/h2-10,13-15,22H,1,11-12,27H2. The van der Waals surface area contributed by atoms with Gasteiger partial charge in [-0.3, -0.25) is 0 Å². The molecule has 0 unspecified atom stereocenters. The molecule has 2 N–H and O–H groups in total. The van der Waals surface area contributed by atoms with E-state index in [0.717, 1.165) is 0 Å². The molecule has 0 amide bonds. The number of aliphatic imine (C=N–C) groups is 1. The molecule has 7 heteroatoms. The van der Waals surface area contributed by atoms with E-state index in [1.54, 1.807) is 36.4 Å². The average molecular weight is 410 g/mol. The number of nitrogens with zero attached hydrogens (tertiary/aromatic N) is 3. The van der Waals surface area contributed by atoms with Gasteiger partial charge in [-0.2, -0.15) is 5.10 Å². The largest absolute Gasteiger partial charge is 0.405 e. The lowest BCUT2D eigenvalue weighted by Crippen LogP contribution is -2.27. The summed E-state index contributed by atoms with van der Waals surface area (Å²) in [5.74, 6) is -0.492. The molecule has 1 aliphatic rings. The maximum Gasteiger partial charge on any atom is 0.239 e. The van der Waals surface area contributed by atoms with Crippen LogP contribution in [0.15, 0.2) is 101 Å². The molecule has 154 valence electrons. The number of allylic oxidation sites excluding steroid dienone is 3. The Morgan fingerprint density at radius 2 is 1.83 bits per heavy atom. The van der Waals surface area contributed by atoms with Crippen molar-refractivity contribution >= 4 is 22.8 Å². The molecule has 0 saturated heterocycles. The van der Waals surface area contributed by atoms with Crippen LogP contribution in [0.1, 0.15) is 12.8 Å². The van der Waals surface area contributed by atoms with Crippen LogP contribution in [0, 0.1) is 5.82 Å². The van der Waals surface area contributed by atoms with Crippen molar-refractivity contribution in [2.75, 3.05) is 5.01 Å². The molecule has 0 spiro atoms. The van der Waals surface area contributed by atoms with Crippen molar-refractivity contribution in [2.24, 2.45) is 15.8 Å². The summed E-state index contributed by atoms with van der Waals surface area (Å²) in [7, 11) is 0. The van der Waals surface area contributed by atoms with Crippen molar-refractivity contribution in [3.05, 3.63) is 96.6 Å². The summed E-state index contributed by atoms with van der Waals surface area (Å²) in [5.41, 5.74) is 8.13. The number of halogens is 3. The predicted molar refractivity (Wildman–Crippen MR) is 116 cm³/mol. The fourth-order valence-corrected chi connectivity index (χ4v) is 2.92. The summed E-state index contributed by atoms with van der Waals surface area (Å²) >= 11 is 0. The van der Waals surface area contributed by atoms with Gasteiger partial charge < -0.3 is 5.73 Å². The number of rotatable bonds is 7. The molecule has 0 bridgehead atoms. The monoisotopic (exact) mass is 410 g/mol. The molecule has 0 aromatic heterocycles. The van der Waals surface area contributed by atoms with Crippen LogP contribution in [-0.2, 0) is 0 Å². The van der Waals surface area contributed by atoms with Gasteiger partial charge in [0.1, 0.15) is 17.2 Å². The van der Waals surface area contributed by atoms with E-state index >= 15 is 0 Å². The van der Waals surface area contributed by atoms with E-state index < -0.39 is 12.2 Å². The third-order valence-electron chi connectivity index (χ3n) is 4.39. The van der Waals surface area contributed by atoms with Crippen molar-refractivity contribution in [1.82, 2.24) is 0 Å². The minimum absolute atomic E-state index is 0.0609. The van der Waals surface area contributed by atoms with Gasteiger partial charge in [0.25, 0.3) is 0 Å². The summed E-state index contributed by atoms with van der Waals surface area (Å²) in [6.07, 6.45) is 1.63. The molecule has 1 heterocycles. The molecule has 0 aliphatic carbocycles. The molecule has 0 radical (unpaired) electrons. The first-order valence-corrected chi connectivity index (χ1v) is 9.33. The molecule has 30 heavy (non-hydrogen) atoms. The van der Waals surface area contributed by atoms with E-state index in [1.165, 1.54) is 23.5 Å². The van der Waals surface area contributed by atoms with E-state index in [-0.39, 0.29) is 18.5 Å². The number of hydrazone groups is 1. The van der Waals surface area contributed by atoms with E-state index in [2.05, 4.69) is 16.7 Å². The van der Waals surface area contributed by atoms with Crippen LogP contribution in [0.4, 0.5) is 24.5 Å². The minimum atomic E-state index is -2.47. The van der Waals surface area contributed by atoms with E-state index in [1.807, 2.05) is 18.2 Å². The van der Waals surface area contributed by atoms with Crippen LogP contribution in [0.3, 0.4) is 0 Å². The number of anilines is 1. The predicted octanol–water partition coefficient (Wildman–Crippen LogP) is 5.73. The first kappa shape index (κ1) is 21.1. The maximum absolute atomic E-state index is 14.4. The Balaban J connectivity index is 2.09. The average Bonchev–Trinajstić information content (AvgIpc) is 2.74. The lowest BCUT2D eigenvalue weighted by atomic mass is 9.95. The summed E-state index contributed by atoms with van der Waals surface area (Å²) < 4.78 is 40.1. The topological polar surface area (TPSA) is 54.0 Å². The molecule has 3 rings (SSSR count). The zero-order valence-electron chi connectivity index (χ0n) is 16.2. The van der Waals surface area contributed by atoms with Gasteiger partial charge in [-0.1, -0.05) is 36.9 Å². The Hall–Kier alpha value is -3.61. The molecule has 0 atom stereocenters. The first-order chi connectivity index (χ1) is 14.5. The Morgan fingerprint density at radius 1 is 1.13 bits per heavy atom. The minimum Gasteiger partial charge on any atom is -0.405 e. The Labute approximate surface area is 173 Å². The number of benzene rings is 2. The summed E-state index contributed by atoms with van der Waals surface area (Å²) in [6.45, 7) is 4.03. The van der Waals surface area contributed by atoms with Crippen LogP contribution in [-0.4, -0.2) is 17.8 Å². The number of nitrogens with two attached hydrogens (primary N) is 1. The van der Waals surface area contributed by atoms with E-state index in [0.29, 0.717) is 28.3 Å². The lowest BCUT2D eigenvalue weighted by Gasteiger charge is -2.26. The van der Waals surface area contributed by atoms with Crippen molar-refractivity contribution in [1.29, 1.82) is 0 Å². The number of para-hydroxylation sites is 2. The van der Waals surface area contributed by atoms with Crippen LogP contribution < -0.4 is 10.7 Å². The van der Waals surface area contributed by atoms with Gasteiger partial charge in [-0.05, 0) is 48.5 Å². The second kappa shape index (κ2) is 9.73. The van der Waals surface area contributed by atoms with Crippen molar-refractivity contribution in [3.63, 3.8) is 0 Å². The van der Waals surface area contributed by atoms with Gasteiger partial charge in [-0.25, -0.2) is 23.2 Å². The molecular weight excluding hydrogens is 389 g/mol. The number of hydrogen-bond donors (Lipinski definition) is 1. The highest BCUT2D eigenvalue weighted by Gasteiger charge is 2.24. The quantitative estimate of drug-likeness (QED) is 0.593. The Morgan fingerprint density at radius 3 is 2.50 bits per heavy atom. The summed E-state index contributed by atoms with van der Waals surface area (Å²) in [4.78, 5) is 4.57. The van der Waals surface area contributed by atoms with Gasteiger partial charge in [0.15, 0.2) is 0 Å². The molecule has 1 aliphatic heterocycles. The summed E-state index contributed by atoms with van der Waals surface area (Å²) in [6, 6.07) is 15.2. The van der Waals surface area contributed by atoms with Crippen LogP contribution in [0.25, 0.3) is 0 Å². The van der Waals surface area contributed by atoms with Crippen molar-refractivity contribution in [3.8, 4) is 0 Å². The van der Waals surface area contributed by atoms with Gasteiger partial charge in [-0.15, -0.1) is 0 Å². The van der Waals surface area contributed by atoms with Gasteiger partial charge in [0.05, 0.1) is 11.4 Å². The van der Waals surface area contributed by atoms with Crippen molar-refractivity contribution < 1.29 is 13.2 Å². The van der Waals surface area contributed by atoms with E-state index in [9.17, 15) is 13.2 Å². The third-order valence-corrected chi connectivity index (χ3v) is 4.39. The number of alkyl halides is 2. The number of hydrogen-bond acceptors (Lipinski definition) is 4. The van der Waals surface area contributed by atoms with Crippen LogP contribution in [0.5, 0.6) is 0 Å². The lowest BCUT2D eigenvalue weighted by molar-refractivity contribution is 0.138. The normalized spacial score (nSPS) is 15.0. The second-order valence-electron chi connectivity index (χ2n) is 6.50. The summed E-state index contributed by atoms with van der Waals surface area (Å²) in [5, 5.41) is 5.82. The highest BCUT2D eigenvalue weighted by Crippen LogP contribution is 2.30. The van der Waals surface area contributed by atoms with Crippen molar-refractivity contribution in [2.45, 2.75) is 19.3 Å². The SMILES string of the molecule is C=C1C(CCC(F)F)=CN(c2ccccc2F)N=C1C(C=CN)=Nc1ccccc1.